The van der Waals surface area contributed by atoms with E-state index in [1.54, 1.807) is 0 Å². The Morgan fingerprint density at radius 2 is 2.00 bits per heavy atom. The van der Waals surface area contributed by atoms with Crippen molar-refractivity contribution in [2.45, 2.75) is 19.0 Å². The molecule has 10 heavy (non-hydrogen) atoms. The summed E-state index contributed by atoms with van der Waals surface area (Å²) in [6.07, 6.45) is -0.0559. The van der Waals surface area contributed by atoms with Gasteiger partial charge in [0.05, 0.1) is 0 Å². The van der Waals surface area contributed by atoms with E-state index >= 15 is 0 Å². The van der Waals surface area contributed by atoms with Crippen LogP contribution in [0.4, 0.5) is 0 Å². The molecule has 5 nitrogen and oxygen atoms in total. The molecule has 0 radical (unpaired) electrons. The van der Waals surface area contributed by atoms with Crippen LogP contribution in [0.5, 0.6) is 0 Å². The Balaban J connectivity index is 4.38. The zero-order valence-electron chi connectivity index (χ0n) is 5.39. The van der Waals surface area contributed by atoms with Crippen molar-refractivity contribution in [3.05, 3.63) is 0 Å². The first-order valence-corrected chi connectivity index (χ1v) is 4.35. The molecular formula is C4H9O5P. The fourth-order valence-electron chi connectivity index (χ4n) is 0.556. The predicted octanol–water partition coefficient (Wildman–Crippen LogP) is 0.0273. The van der Waals surface area contributed by atoms with Gasteiger partial charge in [-0.3, -0.25) is 9.36 Å². The molecule has 60 valence electrons. The van der Waals surface area contributed by atoms with Crippen molar-refractivity contribution in [3.8, 4) is 0 Å². The molecule has 6 heteroatoms. The second-order valence-electron chi connectivity index (χ2n) is 1.85. The standard InChI is InChI=1S/C4H9O5P/c1-2-3(4(5)6)10(7,8)9/h3H,2H2,1H3,(H,5,6)(H2,7,8,9)/t3-/m0/s1. The first-order chi connectivity index (χ1) is 4.39. The number of carboxylic acid groups (broad SMARTS) is 1. The lowest BCUT2D eigenvalue weighted by Gasteiger charge is -2.10. The second kappa shape index (κ2) is 3.14. The normalized spacial score (nSPS) is 14.7. The molecule has 0 fully saturated rings. The van der Waals surface area contributed by atoms with Gasteiger partial charge in [0.15, 0.2) is 5.66 Å². The van der Waals surface area contributed by atoms with Gasteiger partial charge in [0.1, 0.15) is 0 Å². The first-order valence-electron chi connectivity index (χ1n) is 2.67. The molecule has 0 heterocycles. The molecule has 0 aliphatic rings. The summed E-state index contributed by atoms with van der Waals surface area (Å²) >= 11 is 0. The third-order valence-corrected chi connectivity index (χ3v) is 2.48. The minimum absolute atomic E-state index is 0.0559. The highest BCUT2D eigenvalue weighted by atomic mass is 31.2. The van der Waals surface area contributed by atoms with Crippen molar-refractivity contribution in [1.29, 1.82) is 0 Å². The summed E-state index contributed by atoms with van der Waals surface area (Å²) < 4.78 is 10.3. The Hall–Kier alpha value is -0.380. The fourth-order valence-corrected chi connectivity index (χ4v) is 1.32. The van der Waals surface area contributed by atoms with Gasteiger partial charge in [-0.1, -0.05) is 6.92 Å². The molecule has 0 saturated heterocycles. The van der Waals surface area contributed by atoms with Crippen molar-refractivity contribution in [2.75, 3.05) is 0 Å². The average molecular weight is 168 g/mol. The van der Waals surface area contributed by atoms with Crippen molar-refractivity contribution >= 4 is 13.6 Å². The minimum Gasteiger partial charge on any atom is -0.481 e. The molecule has 0 amide bonds. The number of aliphatic carboxylic acids is 1. The predicted molar refractivity (Wildman–Crippen MR) is 33.8 cm³/mol. The lowest BCUT2D eigenvalue weighted by atomic mass is 10.3. The number of rotatable bonds is 3. The minimum atomic E-state index is -4.43. The van der Waals surface area contributed by atoms with E-state index in [2.05, 4.69) is 0 Å². The van der Waals surface area contributed by atoms with E-state index in [9.17, 15) is 9.36 Å². The second-order valence-corrected chi connectivity index (χ2v) is 3.65. The van der Waals surface area contributed by atoms with E-state index in [-0.39, 0.29) is 6.42 Å². The molecule has 0 spiro atoms. The molecule has 0 aliphatic carbocycles. The quantitative estimate of drug-likeness (QED) is 0.516. The van der Waals surface area contributed by atoms with E-state index in [1.165, 1.54) is 6.92 Å². The SMILES string of the molecule is CC[C@@H](C(=O)O)P(=O)(O)O. The van der Waals surface area contributed by atoms with Crippen LogP contribution in [0.2, 0.25) is 0 Å². The highest BCUT2D eigenvalue weighted by Gasteiger charge is 2.33. The fraction of sp³-hybridized carbons (Fsp3) is 0.750. The largest absolute Gasteiger partial charge is 0.481 e. The van der Waals surface area contributed by atoms with Crippen molar-refractivity contribution in [3.63, 3.8) is 0 Å². The van der Waals surface area contributed by atoms with Gasteiger partial charge in [0, 0.05) is 0 Å². The Kier molecular flexibility index (Phi) is 3.02. The Labute approximate surface area is 57.8 Å². The van der Waals surface area contributed by atoms with Crippen molar-refractivity contribution in [1.82, 2.24) is 0 Å². The molecule has 0 aromatic heterocycles. The third kappa shape index (κ3) is 2.47. The number of carboxylic acids is 1. The number of hydrogen-bond acceptors (Lipinski definition) is 2. The summed E-state index contributed by atoms with van der Waals surface area (Å²) in [5.74, 6) is -1.45. The van der Waals surface area contributed by atoms with Crippen LogP contribution in [-0.4, -0.2) is 26.5 Å². The highest BCUT2D eigenvalue weighted by Crippen LogP contribution is 2.42. The zero-order valence-corrected chi connectivity index (χ0v) is 6.28. The van der Waals surface area contributed by atoms with Crippen LogP contribution in [0, 0.1) is 0 Å². The lowest BCUT2D eigenvalue weighted by Crippen LogP contribution is -2.18. The van der Waals surface area contributed by atoms with Gasteiger partial charge in [-0.15, -0.1) is 0 Å². The maximum absolute atomic E-state index is 10.3. The van der Waals surface area contributed by atoms with Gasteiger partial charge in [-0.05, 0) is 6.42 Å². The molecule has 0 unspecified atom stereocenters. The smallest absolute Gasteiger partial charge is 0.339 e. The van der Waals surface area contributed by atoms with E-state index in [1.807, 2.05) is 0 Å². The van der Waals surface area contributed by atoms with E-state index in [4.69, 9.17) is 14.9 Å². The summed E-state index contributed by atoms with van der Waals surface area (Å²) in [6.45, 7) is 1.41. The molecule has 0 aromatic carbocycles. The topological polar surface area (TPSA) is 94.8 Å². The van der Waals surface area contributed by atoms with E-state index < -0.39 is 19.2 Å². The summed E-state index contributed by atoms with van der Waals surface area (Å²) in [5.41, 5.74) is -1.55. The molecule has 0 aromatic rings. The number of hydrogen-bond donors (Lipinski definition) is 3. The average Bonchev–Trinajstić information content (AvgIpc) is 1.60. The van der Waals surface area contributed by atoms with Crippen LogP contribution < -0.4 is 0 Å². The van der Waals surface area contributed by atoms with Crippen molar-refractivity contribution < 1.29 is 24.3 Å². The summed E-state index contributed by atoms with van der Waals surface area (Å²) in [4.78, 5) is 26.8. The summed E-state index contributed by atoms with van der Waals surface area (Å²) in [7, 11) is -4.43. The molecule has 0 bridgehead atoms. The van der Waals surface area contributed by atoms with Crippen LogP contribution in [0.1, 0.15) is 13.3 Å². The Morgan fingerprint density at radius 1 is 1.60 bits per heavy atom. The number of carbonyl (C=O) groups is 1. The van der Waals surface area contributed by atoms with Crippen LogP contribution in [0.25, 0.3) is 0 Å². The van der Waals surface area contributed by atoms with E-state index in [0.29, 0.717) is 0 Å². The monoisotopic (exact) mass is 168 g/mol. The van der Waals surface area contributed by atoms with Gasteiger partial charge in [-0.25, -0.2) is 0 Å². The van der Waals surface area contributed by atoms with Crippen LogP contribution in [0.3, 0.4) is 0 Å². The maximum atomic E-state index is 10.3. The maximum Gasteiger partial charge on any atom is 0.339 e. The van der Waals surface area contributed by atoms with Gasteiger partial charge < -0.3 is 14.9 Å². The van der Waals surface area contributed by atoms with Crippen LogP contribution in [-0.2, 0) is 9.36 Å². The molecule has 0 rings (SSSR count). The molecule has 1 atom stereocenters. The molecule has 0 saturated carbocycles. The van der Waals surface area contributed by atoms with Gasteiger partial charge in [-0.2, -0.15) is 0 Å². The molecule has 0 aliphatic heterocycles. The highest BCUT2D eigenvalue weighted by molar-refractivity contribution is 7.53. The van der Waals surface area contributed by atoms with Gasteiger partial charge in [0.2, 0.25) is 0 Å². The third-order valence-electron chi connectivity index (χ3n) is 1.08. The molecular weight excluding hydrogens is 159 g/mol. The Morgan fingerprint density at radius 3 is 2.00 bits per heavy atom. The van der Waals surface area contributed by atoms with Gasteiger partial charge in [0.25, 0.3) is 0 Å². The van der Waals surface area contributed by atoms with E-state index in [0.717, 1.165) is 0 Å². The zero-order chi connectivity index (χ0) is 8.36. The Bertz CT molecular complexity index is 170. The first kappa shape index (κ1) is 9.62. The van der Waals surface area contributed by atoms with Gasteiger partial charge >= 0.3 is 13.6 Å². The summed E-state index contributed by atoms with van der Waals surface area (Å²) in [6, 6.07) is 0. The lowest BCUT2D eigenvalue weighted by molar-refractivity contribution is -0.136. The summed E-state index contributed by atoms with van der Waals surface area (Å²) in [5, 5.41) is 8.22. The van der Waals surface area contributed by atoms with Crippen LogP contribution >= 0.6 is 7.60 Å². The molecule has 3 N–H and O–H groups in total. The van der Waals surface area contributed by atoms with Crippen LogP contribution in [0.15, 0.2) is 0 Å². The van der Waals surface area contributed by atoms with Crippen molar-refractivity contribution in [2.24, 2.45) is 0 Å².